The average Bonchev–Trinajstić information content (AvgIpc) is 3.41. The summed E-state index contributed by atoms with van der Waals surface area (Å²) in [5.74, 6) is 0.161. The van der Waals surface area contributed by atoms with Crippen molar-refractivity contribution in [3.05, 3.63) is 46.7 Å². The Morgan fingerprint density at radius 1 is 1.35 bits per heavy atom. The maximum Gasteiger partial charge on any atom is 0.186 e. The molecule has 0 radical (unpaired) electrons. The van der Waals surface area contributed by atoms with Crippen LogP contribution < -0.4 is 10.2 Å². The molecule has 0 amide bonds. The molecule has 0 bridgehead atoms. The normalized spacial score (nSPS) is 18.2. The lowest BCUT2D eigenvalue weighted by molar-refractivity contribution is 0.156. The molecule has 31 heavy (non-hydrogen) atoms. The van der Waals surface area contributed by atoms with Gasteiger partial charge in [0, 0.05) is 42.4 Å². The number of phenolic OH excluding ortho intramolecular Hbond substituents is 1. The number of nitrogens with zero attached hydrogens (tertiary/aromatic N) is 4. The second-order valence-electron chi connectivity index (χ2n) is 8.49. The summed E-state index contributed by atoms with van der Waals surface area (Å²) >= 11 is 1.67. The van der Waals surface area contributed by atoms with Crippen LogP contribution in [0.2, 0.25) is 0 Å². The lowest BCUT2D eigenvalue weighted by atomic mass is 9.74. The summed E-state index contributed by atoms with van der Waals surface area (Å²) in [6, 6.07) is 5.54. The number of phenols is 1. The van der Waals surface area contributed by atoms with Crippen LogP contribution in [0.4, 0.5) is 5.13 Å². The van der Waals surface area contributed by atoms with E-state index >= 15 is 0 Å². The first kappa shape index (κ1) is 20.0. The average molecular weight is 435 g/mol. The Morgan fingerprint density at radius 3 is 2.90 bits per heavy atom. The Hall–Kier alpha value is -2.97. The van der Waals surface area contributed by atoms with Crippen molar-refractivity contribution in [1.29, 1.82) is 0 Å². The van der Waals surface area contributed by atoms with E-state index in [2.05, 4.69) is 32.1 Å². The fourth-order valence-electron chi connectivity index (χ4n) is 4.53. The number of benzene rings is 1. The zero-order chi connectivity index (χ0) is 21.4. The molecule has 2 aromatic heterocycles. The van der Waals surface area contributed by atoms with Crippen LogP contribution in [0.1, 0.15) is 29.0 Å². The van der Waals surface area contributed by atoms with Gasteiger partial charge in [0.05, 0.1) is 22.5 Å². The number of hydrogen-bond acceptors (Lipinski definition) is 7. The summed E-state index contributed by atoms with van der Waals surface area (Å²) < 4.78 is 0. The molecular weight excluding hydrogens is 408 g/mol. The molecule has 1 spiro atoms. The highest BCUT2D eigenvalue weighted by Crippen LogP contribution is 2.42. The number of piperidine rings is 1. The third-order valence-electron chi connectivity index (χ3n) is 6.25. The Labute approximate surface area is 185 Å². The standard InChI is InChI=1S/C23H26N6OS/c1-15-21(31-22(28-15)29-13-23(14-29)6-3-7-25-12-23)9-19(24-2)18-5-4-16(8-20(18)30)17-10-26-27-11-17/h4-5,8-11,25,30H,2-3,6-7,12-14H2,1H3,(H,26,27)/b19-9-. The minimum Gasteiger partial charge on any atom is -0.507 e. The smallest absolute Gasteiger partial charge is 0.186 e. The van der Waals surface area contributed by atoms with E-state index in [1.165, 1.54) is 12.8 Å². The fourth-order valence-corrected chi connectivity index (χ4v) is 5.53. The number of aliphatic imine (C=N–C) groups is 1. The van der Waals surface area contributed by atoms with Crippen LogP contribution in [-0.2, 0) is 0 Å². The molecule has 2 aliphatic heterocycles. The van der Waals surface area contributed by atoms with Gasteiger partial charge < -0.3 is 15.3 Å². The van der Waals surface area contributed by atoms with Gasteiger partial charge in [0.2, 0.25) is 0 Å². The fraction of sp³-hybridized carbons (Fsp3) is 0.348. The first-order valence-corrected chi connectivity index (χ1v) is 11.3. The summed E-state index contributed by atoms with van der Waals surface area (Å²) in [4.78, 5) is 12.4. The van der Waals surface area contributed by atoms with Crippen LogP contribution in [0.5, 0.6) is 5.75 Å². The molecule has 3 N–H and O–H groups in total. The van der Waals surface area contributed by atoms with Gasteiger partial charge in [0.1, 0.15) is 5.75 Å². The minimum absolute atomic E-state index is 0.161. The van der Waals surface area contributed by atoms with E-state index in [1.54, 1.807) is 29.8 Å². The summed E-state index contributed by atoms with van der Waals surface area (Å²) in [5.41, 5.74) is 4.47. The van der Waals surface area contributed by atoms with Gasteiger partial charge in [0.25, 0.3) is 0 Å². The first-order valence-electron chi connectivity index (χ1n) is 10.5. The highest BCUT2D eigenvalue weighted by atomic mass is 32.1. The third-order valence-corrected chi connectivity index (χ3v) is 7.41. The molecule has 0 atom stereocenters. The van der Waals surface area contributed by atoms with E-state index in [9.17, 15) is 5.11 Å². The highest BCUT2D eigenvalue weighted by molar-refractivity contribution is 7.16. The number of aryl methyl sites for hydroxylation is 1. The molecule has 7 nitrogen and oxygen atoms in total. The van der Waals surface area contributed by atoms with Crippen LogP contribution in [-0.4, -0.2) is 53.2 Å². The summed E-state index contributed by atoms with van der Waals surface area (Å²) in [6.07, 6.45) is 8.04. The van der Waals surface area contributed by atoms with Crippen molar-refractivity contribution in [3.63, 3.8) is 0 Å². The van der Waals surface area contributed by atoms with Gasteiger partial charge in [0.15, 0.2) is 5.13 Å². The van der Waals surface area contributed by atoms with E-state index in [-0.39, 0.29) is 5.75 Å². The third kappa shape index (κ3) is 3.77. The second-order valence-corrected chi connectivity index (χ2v) is 9.50. The predicted molar refractivity (Wildman–Crippen MR) is 127 cm³/mol. The van der Waals surface area contributed by atoms with Crippen LogP contribution >= 0.6 is 11.3 Å². The Bertz CT molecular complexity index is 1120. The number of rotatable bonds is 5. The second kappa shape index (κ2) is 7.94. The van der Waals surface area contributed by atoms with Gasteiger partial charge in [-0.15, -0.1) is 0 Å². The molecule has 160 valence electrons. The lowest BCUT2D eigenvalue weighted by Gasteiger charge is -2.52. The molecule has 8 heteroatoms. The monoisotopic (exact) mass is 434 g/mol. The largest absolute Gasteiger partial charge is 0.507 e. The molecule has 3 aromatic rings. The molecule has 4 heterocycles. The van der Waals surface area contributed by atoms with Gasteiger partial charge in [-0.2, -0.15) is 5.10 Å². The minimum atomic E-state index is 0.161. The van der Waals surface area contributed by atoms with Crippen LogP contribution in [0.15, 0.2) is 35.6 Å². The van der Waals surface area contributed by atoms with Crippen molar-refractivity contribution in [1.82, 2.24) is 20.5 Å². The zero-order valence-corrected chi connectivity index (χ0v) is 18.4. The van der Waals surface area contributed by atoms with Crippen molar-refractivity contribution >= 4 is 35.0 Å². The van der Waals surface area contributed by atoms with Crippen molar-refractivity contribution in [2.45, 2.75) is 19.8 Å². The zero-order valence-electron chi connectivity index (χ0n) is 17.6. The van der Waals surface area contributed by atoms with Gasteiger partial charge in [-0.1, -0.05) is 17.4 Å². The van der Waals surface area contributed by atoms with Crippen LogP contribution in [0, 0.1) is 12.3 Å². The van der Waals surface area contributed by atoms with Gasteiger partial charge in [-0.3, -0.25) is 10.1 Å². The summed E-state index contributed by atoms with van der Waals surface area (Å²) in [5, 5.41) is 22.0. The Morgan fingerprint density at radius 2 is 2.23 bits per heavy atom. The predicted octanol–water partition coefficient (Wildman–Crippen LogP) is 3.94. The van der Waals surface area contributed by atoms with E-state index in [0.29, 0.717) is 16.7 Å². The quantitative estimate of drug-likeness (QED) is 0.530. The molecule has 0 unspecified atom stereocenters. The van der Waals surface area contributed by atoms with Crippen LogP contribution in [0.25, 0.3) is 22.9 Å². The van der Waals surface area contributed by atoms with E-state index < -0.39 is 0 Å². The highest BCUT2D eigenvalue weighted by Gasteiger charge is 2.44. The molecule has 0 saturated carbocycles. The van der Waals surface area contributed by atoms with E-state index in [1.807, 2.05) is 25.1 Å². The van der Waals surface area contributed by atoms with E-state index in [4.69, 9.17) is 4.98 Å². The number of anilines is 1. The molecule has 0 aliphatic carbocycles. The number of aromatic amines is 1. The Balaban J connectivity index is 1.37. The number of nitrogens with one attached hydrogen (secondary N) is 2. The maximum absolute atomic E-state index is 10.6. The number of hydrogen-bond donors (Lipinski definition) is 3. The van der Waals surface area contributed by atoms with Gasteiger partial charge in [-0.25, -0.2) is 4.98 Å². The summed E-state index contributed by atoms with van der Waals surface area (Å²) in [7, 11) is 0. The SMILES string of the molecule is C=N/C(=C\c1sc(N2CC3(CCCNC3)C2)nc1C)c1ccc(-c2cn[nH]c2)cc1O. The molecule has 2 fully saturated rings. The molecular formula is C23H26N6OS. The number of H-pyrrole nitrogens is 1. The Kier molecular flexibility index (Phi) is 5.11. The number of thiazole rings is 1. The van der Waals surface area contributed by atoms with Crippen molar-refractivity contribution in [2.24, 2.45) is 10.4 Å². The number of aromatic hydroxyl groups is 1. The number of aromatic nitrogens is 3. The van der Waals surface area contributed by atoms with Gasteiger partial charge in [-0.05, 0) is 56.8 Å². The van der Waals surface area contributed by atoms with Crippen molar-refractivity contribution in [2.75, 3.05) is 31.1 Å². The van der Waals surface area contributed by atoms with Crippen molar-refractivity contribution in [3.8, 4) is 16.9 Å². The van der Waals surface area contributed by atoms with Gasteiger partial charge >= 0.3 is 0 Å². The maximum atomic E-state index is 10.6. The topological polar surface area (TPSA) is 89.4 Å². The first-order chi connectivity index (χ1) is 15.1. The van der Waals surface area contributed by atoms with E-state index in [0.717, 1.165) is 53.0 Å². The molecule has 2 aliphatic rings. The summed E-state index contributed by atoms with van der Waals surface area (Å²) in [6.45, 7) is 10.1. The molecule has 1 aromatic carbocycles. The van der Waals surface area contributed by atoms with Crippen molar-refractivity contribution < 1.29 is 5.11 Å². The van der Waals surface area contributed by atoms with Crippen LogP contribution in [0.3, 0.4) is 0 Å². The lowest BCUT2D eigenvalue weighted by Crippen LogP contribution is -2.62. The molecule has 5 rings (SSSR count). The molecule has 2 saturated heterocycles.